The molecular weight excluding hydrogens is 458 g/mol. The van der Waals surface area contributed by atoms with Crippen LogP contribution in [0.2, 0.25) is 0 Å². The molecule has 190 valence electrons. The quantitative estimate of drug-likeness (QED) is 0.534. The molecule has 0 unspecified atom stereocenters. The van der Waals surface area contributed by atoms with E-state index in [9.17, 15) is 23.4 Å². The molecule has 1 heterocycles. The smallest absolute Gasteiger partial charge is 0.317 e. The zero-order chi connectivity index (χ0) is 25.8. The number of carbonyl (C=O) groups excluding carboxylic acids is 1. The van der Waals surface area contributed by atoms with Gasteiger partial charge in [0.15, 0.2) is 0 Å². The van der Waals surface area contributed by atoms with Crippen LogP contribution in [0.1, 0.15) is 47.1 Å². The lowest BCUT2D eigenvalue weighted by Gasteiger charge is -2.37. The number of nitrogens with one attached hydrogen (secondary N) is 1. The number of hydrogen-bond acceptors (Lipinski definition) is 6. The average Bonchev–Trinajstić information content (AvgIpc) is 2.73. The summed E-state index contributed by atoms with van der Waals surface area (Å²) >= 11 is 0. The number of amides is 2. The molecule has 1 aromatic carbocycles. The molecule has 1 aliphatic rings. The molecule has 1 aliphatic heterocycles. The Kier molecular flexibility index (Phi) is 8.99. The van der Waals surface area contributed by atoms with Gasteiger partial charge in [0.1, 0.15) is 22.4 Å². The minimum Gasteiger partial charge on any atom is -0.487 e. The lowest BCUT2D eigenvalue weighted by atomic mass is 10.0. The van der Waals surface area contributed by atoms with E-state index >= 15 is 0 Å². The highest BCUT2D eigenvalue weighted by molar-refractivity contribution is 7.89. The van der Waals surface area contributed by atoms with Gasteiger partial charge in [0.2, 0.25) is 10.0 Å². The Hall–Kier alpha value is -2.32. The van der Waals surface area contributed by atoms with Crippen LogP contribution in [-0.4, -0.2) is 84.4 Å². The van der Waals surface area contributed by atoms with Crippen LogP contribution < -0.4 is 10.1 Å². The minimum absolute atomic E-state index is 0.0331. The van der Waals surface area contributed by atoms with E-state index in [0.29, 0.717) is 5.56 Å². The highest BCUT2D eigenvalue weighted by Gasteiger charge is 2.38. The summed E-state index contributed by atoms with van der Waals surface area (Å²) in [5.74, 6) is 5.38. The van der Waals surface area contributed by atoms with Gasteiger partial charge in [0, 0.05) is 37.2 Å². The van der Waals surface area contributed by atoms with Gasteiger partial charge in [-0.25, -0.2) is 13.2 Å². The van der Waals surface area contributed by atoms with Crippen LogP contribution in [-0.2, 0) is 10.0 Å². The Morgan fingerprint density at radius 1 is 1.35 bits per heavy atom. The number of carbonyl (C=O) groups is 1. The van der Waals surface area contributed by atoms with E-state index in [2.05, 4.69) is 17.2 Å². The summed E-state index contributed by atoms with van der Waals surface area (Å²) in [5, 5.41) is 22.5. The van der Waals surface area contributed by atoms with Crippen molar-refractivity contribution in [2.75, 3.05) is 26.7 Å². The average molecular weight is 496 g/mol. The summed E-state index contributed by atoms with van der Waals surface area (Å²) in [6.45, 7) is 10.4. The largest absolute Gasteiger partial charge is 0.487 e. The predicted molar refractivity (Wildman–Crippen MR) is 130 cm³/mol. The Morgan fingerprint density at radius 2 is 2.00 bits per heavy atom. The summed E-state index contributed by atoms with van der Waals surface area (Å²) in [4.78, 5) is 13.9. The van der Waals surface area contributed by atoms with Crippen molar-refractivity contribution in [2.45, 2.75) is 70.2 Å². The van der Waals surface area contributed by atoms with Crippen LogP contribution in [0, 0.1) is 17.8 Å². The maximum absolute atomic E-state index is 13.5. The molecule has 0 fully saturated rings. The first-order chi connectivity index (χ1) is 15.7. The third-order valence-corrected chi connectivity index (χ3v) is 7.41. The van der Waals surface area contributed by atoms with E-state index in [-0.39, 0.29) is 48.3 Å². The van der Waals surface area contributed by atoms with Crippen LogP contribution in [0.3, 0.4) is 0 Å². The summed E-state index contributed by atoms with van der Waals surface area (Å²) in [7, 11) is -2.32. The van der Waals surface area contributed by atoms with Gasteiger partial charge in [-0.3, -0.25) is 0 Å². The fourth-order valence-electron chi connectivity index (χ4n) is 3.46. The van der Waals surface area contributed by atoms with Crippen molar-refractivity contribution in [2.24, 2.45) is 5.92 Å². The van der Waals surface area contributed by atoms with Crippen molar-refractivity contribution in [3.8, 4) is 17.6 Å². The second-order valence-electron chi connectivity index (χ2n) is 9.70. The molecule has 0 saturated heterocycles. The number of hydrogen-bond donors (Lipinski definition) is 3. The molecule has 3 atom stereocenters. The maximum atomic E-state index is 13.5. The molecule has 9 nitrogen and oxygen atoms in total. The molecule has 2 amide bonds. The van der Waals surface area contributed by atoms with E-state index in [1.807, 2.05) is 20.8 Å². The first-order valence-corrected chi connectivity index (χ1v) is 12.8. The number of benzene rings is 1. The number of nitrogens with zero attached hydrogens (tertiary/aromatic N) is 2. The van der Waals surface area contributed by atoms with Crippen LogP contribution in [0.4, 0.5) is 4.79 Å². The van der Waals surface area contributed by atoms with Crippen LogP contribution in [0.25, 0.3) is 0 Å². The first kappa shape index (κ1) is 27.9. The first-order valence-electron chi connectivity index (χ1n) is 11.4. The Morgan fingerprint density at radius 3 is 2.56 bits per heavy atom. The van der Waals surface area contributed by atoms with Gasteiger partial charge in [-0.15, -0.1) is 0 Å². The van der Waals surface area contributed by atoms with Gasteiger partial charge in [-0.1, -0.05) is 18.8 Å². The van der Waals surface area contributed by atoms with E-state index in [1.54, 1.807) is 33.9 Å². The maximum Gasteiger partial charge on any atom is 0.317 e. The number of fused-ring (bicyclic) bond motifs is 1. The molecule has 0 aromatic heterocycles. The topological polar surface area (TPSA) is 119 Å². The summed E-state index contributed by atoms with van der Waals surface area (Å²) < 4.78 is 34.5. The van der Waals surface area contributed by atoms with E-state index in [4.69, 9.17) is 4.74 Å². The lowest BCUT2D eigenvalue weighted by molar-refractivity contribution is 0.0809. The third-order valence-electron chi connectivity index (χ3n) is 5.39. The van der Waals surface area contributed by atoms with Gasteiger partial charge in [-0.05, 0) is 52.8 Å². The Bertz CT molecular complexity index is 1040. The second-order valence-corrected chi connectivity index (χ2v) is 11.6. The summed E-state index contributed by atoms with van der Waals surface area (Å²) in [6, 6.07) is 3.59. The molecule has 0 spiro atoms. The third kappa shape index (κ3) is 7.09. The lowest BCUT2D eigenvalue weighted by Crippen LogP contribution is -2.51. The highest BCUT2D eigenvalue weighted by atomic mass is 32.2. The molecule has 10 heteroatoms. The summed E-state index contributed by atoms with van der Waals surface area (Å²) in [6.07, 6.45) is -0.525. The van der Waals surface area contributed by atoms with Gasteiger partial charge in [0.05, 0.1) is 13.2 Å². The molecule has 0 aliphatic carbocycles. The van der Waals surface area contributed by atoms with E-state index in [0.717, 1.165) is 0 Å². The van der Waals surface area contributed by atoms with Crippen LogP contribution >= 0.6 is 0 Å². The molecule has 3 N–H and O–H groups in total. The predicted octanol–water partition coefficient (Wildman–Crippen LogP) is 1.63. The van der Waals surface area contributed by atoms with Crippen LogP contribution in [0.5, 0.6) is 5.75 Å². The molecular formula is C24H37N3O6S. The molecule has 0 radical (unpaired) electrons. The fourth-order valence-corrected chi connectivity index (χ4v) is 5.28. The van der Waals surface area contributed by atoms with Crippen molar-refractivity contribution < 1.29 is 28.2 Å². The Labute approximate surface area is 203 Å². The number of urea groups is 1. The number of ether oxygens (including phenoxy) is 1. The second kappa shape index (κ2) is 11.0. The zero-order valence-electron chi connectivity index (χ0n) is 21.0. The van der Waals surface area contributed by atoms with Gasteiger partial charge in [-0.2, -0.15) is 4.31 Å². The SMILES string of the molecule is CC(C)NC(=O)N(C)C[C@@H]1Oc2cc(C#CC(C)(C)O)ccc2S(=O)(=O)N([C@@H](C)CO)C[C@H]1C. The zero-order valence-corrected chi connectivity index (χ0v) is 21.8. The van der Waals surface area contributed by atoms with E-state index < -0.39 is 27.8 Å². The fraction of sp³-hybridized carbons (Fsp3) is 0.625. The van der Waals surface area contributed by atoms with Gasteiger partial charge >= 0.3 is 6.03 Å². The number of sulfonamides is 1. The monoisotopic (exact) mass is 495 g/mol. The van der Waals surface area contributed by atoms with Crippen molar-refractivity contribution in [3.63, 3.8) is 0 Å². The van der Waals surface area contributed by atoms with Crippen molar-refractivity contribution >= 4 is 16.1 Å². The van der Waals surface area contributed by atoms with Gasteiger partial charge < -0.3 is 25.2 Å². The highest BCUT2D eigenvalue weighted by Crippen LogP contribution is 2.34. The van der Waals surface area contributed by atoms with Crippen LogP contribution in [0.15, 0.2) is 23.1 Å². The minimum atomic E-state index is -3.97. The molecule has 34 heavy (non-hydrogen) atoms. The standard InChI is InChI=1S/C24H37N3O6S/c1-16(2)25-23(29)26(7)14-21-17(3)13-27(18(4)15-28)34(31,32)22-9-8-19(12-20(22)33-21)10-11-24(5,6)30/h8-9,12,16-18,21,28,30H,13-15H2,1-7H3,(H,25,29)/t17-,18+,21+/m1/s1. The van der Waals surface area contributed by atoms with Crippen molar-refractivity contribution in [3.05, 3.63) is 23.8 Å². The van der Waals surface area contributed by atoms with Crippen molar-refractivity contribution in [1.82, 2.24) is 14.5 Å². The molecule has 2 rings (SSSR count). The number of aliphatic hydroxyl groups is 2. The summed E-state index contributed by atoms with van der Waals surface area (Å²) in [5.41, 5.74) is -0.732. The number of aliphatic hydroxyl groups excluding tert-OH is 1. The molecule has 0 bridgehead atoms. The van der Waals surface area contributed by atoms with Crippen molar-refractivity contribution in [1.29, 1.82) is 0 Å². The number of rotatable bonds is 5. The van der Waals surface area contributed by atoms with Gasteiger partial charge in [0.25, 0.3) is 0 Å². The number of likely N-dealkylation sites (N-methyl/N-ethyl adjacent to an activating group) is 1. The molecule has 1 aromatic rings. The molecule has 0 saturated carbocycles. The normalized spacial score (nSPS) is 21.2. The Balaban J connectivity index is 2.55. The van der Waals surface area contributed by atoms with E-state index in [1.165, 1.54) is 21.3 Å².